The minimum Gasteiger partial charge on any atom is -0.456 e. The molecule has 0 saturated carbocycles. The summed E-state index contributed by atoms with van der Waals surface area (Å²) in [6.45, 7) is 0. The van der Waals surface area contributed by atoms with Crippen LogP contribution in [-0.4, -0.2) is 19.5 Å². The van der Waals surface area contributed by atoms with Gasteiger partial charge in [-0.25, -0.2) is 15.0 Å². The molecule has 260 valence electrons. The van der Waals surface area contributed by atoms with Crippen LogP contribution in [0.4, 0.5) is 0 Å². The first-order chi connectivity index (χ1) is 27.7. The number of hydrogen-bond acceptors (Lipinski definition) is 4. The van der Waals surface area contributed by atoms with Gasteiger partial charge in [-0.3, -0.25) is 0 Å². The number of hydrogen-bond donors (Lipinski definition) is 0. The van der Waals surface area contributed by atoms with Crippen molar-refractivity contribution >= 4 is 76.1 Å². The summed E-state index contributed by atoms with van der Waals surface area (Å²) in [4.78, 5) is 15.6. The third kappa shape index (κ3) is 4.71. The van der Waals surface area contributed by atoms with Crippen molar-refractivity contribution in [3.63, 3.8) is 0 Å². The van der Waals surface area contributed by atoms with Gasteiger partial charge in [-0.1, -0.05) is 140 Å². The Morgan fingerprint density at radius 1 is 0.375 bits per heavy atom. The number of rotatable bonds is 4. The summed E-state index contributed by atoms with van der Waals surface area (Å²) in [5, 5.41) is 11.4. The van der Waals surface area contributed by atoms with Gasteiger partial charge in [0, 0.05) is 49.3 Å². The zero-order valence-electron chi connectivity index (χ0n) is 30.0. The molecule has 0 amide bonds. The first-order valence-electron chi connectivity index (χ1n) is 18.8. The van der Waals surface area contributed by atoms with Crippen molar-refractivity contribution in [2.45, 2.75) is 0 Å². The number of benzene rings is 9. The fourth-order valence-corrected chi connectivity index (χ4v) is 8.55. The van der Waals surface area contributed by atoms with Crippen molar-refractivity contribution in [3.8, 4) is 39.9 Å². The first-order valence-corrected chi connectivity index (χ1v) is 18.8. The fraction of sp³-hybridized carbons (Fsp3) is 0. The van der Waals surface area contributed by atoms with Crippen LogP contribution in [0.5, 0.6) is 0 Å². The monoisotopic (exact) mass is 714 g/mol. The van der Waals surface area contributed by atoms with Crippen LogP contribution in [0, 0.1) is 0 Å². The van der Waals surface area contributed by atoms with E-state index >= 15 is 0 Å². The Bertz CT molecular complexity index is 3460. The molecule has 9 aromatic carbocycles. The van der Waals surface area contributed by atoms with Crippen LogP contribution < -0.4 is 0 Å². The van der Waals surface area contributed by atoms with Gasteiger partial charge in [0.15, 0.2) is 17.5 Å². The van der Waals surface area contributed by atoms with Gasteiger partial charge >= 0.3 is 0 Å². The second kappa shape index (κ2) is 11.9. The van der Waals surface area contributed by atoms with Crippen molar-refractivity contribution in [1.82, 2.24) is 19.5 Å². The molecule has 0 radical (unpaired) electrons. The molecule has 0 saturated heterocycles. The van der Waals surface area contributed by atoms with E-state index in [4.69, 9.17) is 19.4 Å². The second-order valence-corrected chi connectivity index (χ2v) is 14.4. The Balaban J connectivity index is 1.11. The van der Waals surface area contributed by atoms with Crippen LogP contribution in [0.2, 0.25) is 0 Å². The highest BCUT2D eigenvalue weighted by atomic mass is 16.3. The molecular weight excluding hydrogens is 685 g/mol. The summed E-state index contributed by atoms with van der Waals surface area (Å²) in [7, 11) is 0. The maximum atomic E-state index is 6.58. The van der Waals surface area contributed by atoms with Crippen LogP contribution in [0.3, 0.4) is 0 Å². The van der Waals surface area contributed by atoms with Crippen molar-refractivity contribution in [2.75, 3.05) is 0 Å². The highest BCUT2D eigenvalue weighted by molar-refractivity contribution is 6.19. The molecule has 0 N–H and O–H groups in total. The van der Waals surface area contributed by atoms with Gasteiger partial charge in [0.05, 0.1) is 11.0 Å². The molecule has 0 unspecified atom stereocenters. The molecule has 3 heterocycles. The molecule has 3 aromatic heterocycles. The largest absolute Gasteiger partial charge is 0.456 e. The minimum atomic E-state index is 0.591. The van der Waals surface area contributed by atoms with Gasteiger partial charge in [0.1, 0.15) is 11.2 Å². The zero-order chi connectivity index (χ0) is 36.7. The van der Waals surface area contributed by atoms with Gasteiger partial charge in [-0.15, -0.1) is 0 Å². The van der Waals surface area contributed by atoms with Gasteiger partial charge in [-0.05, 0) is 69.4 Å². The molecule has 0 bridgehead atoms. The average molecular weight is 715 g/mol. The lowest BCUT2D eigenvalue weighted by atomic mass is 10.0. The SMILES string of the molecule is c1ccc2cc(-c3nc(-c4ccc5ccccc5c4)nc(-c4cccc5oc6ccc(-n7c8ccccc8c8ccc9ccccc9c87)cc6c45)n3)ccc2c1. The molecule has 5 nitrogen and oxygen atoms in total. The Hall–Kier alpha value is -7.63. The lowest BCUT2D eigenvalue weighted by Gasteiger charge is -2.11. The molecule has 12 rings (SSSR count). The number of furan rings is 1. The third-order valence-electron chi connectivity index (χ3n) is 11.2. The summed E-state index contributed by atoms with van der Waals surface area (Å²) >= 11 is 0. The Morgan fingerprint density at radius 3 is 1.71 bits per heavy atom. The van der Waals surface area contributed by atoms with Crippen LogP contribution in [-0.2, 0) is 0 Å². The Labute approximate surface area is 320 Å². The van der Waals surface area contributed by atoms with Gasteiger partial charge in [0.25, 0.3) is 0 Å². The van der Waals surface area contributed by atoms with Crippen LogP contribution in [0.1, 0.15) is 0 Å². The molecule has 56 heavy (non-hydrogen) atoms. The molecule has 0 aliphatic heterocycles. The first kappa shape index (κ1) is 30.8. The summed E-state index contributed by atoms with van der Waals surface area (Å²) in [5.74, 6) is 1.83. The quantitative estimate of drug-likeness (QED) is 0.182. The van der Waals surface area contributed by atoms with Crippen molar-refractivity contribution < 1.29 is 4.42 Å². The van der Waals surface area contributed by atoms with E-state index < -0.39 is 0 Å². The Morgan fingerprint density at radius 2 is 0.982 bits per heavy atom. The minimum absolute atomic E-state index is 0.591. The predicted molar refractivity (Wildman–Crippen MR) is 230 cm³/mol. The smallest absolute Gasteiger partial charge is 0.164 e. The topological polar surface area (TPSA) is 56.7 Å². The van der Waals surface area contributed by atoms with E-state index in [0.29, 0.717) is 17.5 Å². The van der Waals surface area contributed by atoms with Crippen LogP contribution in [0.25, 0.3) is 116 Å². The molecule has 0 fully saturated rings. The summed E-state index contributed by atoms with van der Waals surface area (Å²) in [5.41, 5.74) is 7.74. The van der Waals surface area contributed by atoms with E-state index in [9.17, 15) is 0 Å². The molecule has 0 aliphatic rings. The number of fused-ring (bicyclic) bond motifs is 10. The molecule has 12 aromatic rings. The van der Waals surface area contributed by atoms with Gasteiger partial charge in [0.2, 0.25) is 0 Å². The number of para-hydroxylation sites is 1. The maximum absolute atomic E-state index is 6.58. The predicted octanol–water partition coefficient (Wildman–Crippen LogP) is 13.3. The Kier molecular flexibility index (Phi) is 6.56. The zero-order valence-corrected chi connectivity index (χ0v) is 30.0. The standard InChI is InChI=1S/C51H30N4O/c1-3-13-34-28-36(22-20-31(34)10-1)49-52-50(37-23-21-32-11-2-4-14-35(32)29-37)54-51(53-49)42-17-9-19-46-47(42)43-30-38(25-27-45(43)56-46)55-44-18-8-7-16-40(44)41-26-24-33-12-5-6-15-39(33)48(41)55/h1-30H. The van der Waals surface area contributed by atoms with Crippen molar-refractivity contribution in [3.05, 3.63) is 182 Å². The van der Waals surface area contributed by atoms with Crippen LogP contribution >= 0.6 is 0 Å². The van der Waals surface area contributed by atoms with E-state index in [1.807, 2.05) is 12.1 Å². The van der Waals surface area contributed by atoms with Crippen molar-refractivity contribution in [2.24, 2.45) is 0 Å². The highest BCUT2D eigenvalue weighted by Gasteiger charge is 2.20. The molecule has 0 aliphatic carbocycles. The van der Waals surface area contributed by atoms with Crippen LogP contribution in [0.15, 0.2) is 186 Å². The molecule has 5 heteroatoms. The highest BCUT2D eigenvalue weighted by Crippen LogP contribution is 2.41. The van der Waals surface area contributed by atoms with Crippen molar-refractivity contribution in [1.29, 1.82) is 0 Å². The molecular formula is C51H30N4O. The summed E-state index contributed by atoms with van der Waals surface area (Å²) < 4.78 is 8.97. The maximum Gasteiger partial charge on any atom is 0.164 e. The van der Waals surface area contributed by atoms with E-state index in [2.05, 4.69) is 174 Å². The third-order valence-corrected chi connectivity index (χ3v) is 11.2. The number of aromatic nitrogens is 4. The molecule has 0 atom stereocenters. The lowest BCUT2D eigenvalue weighted by Crippen LogP contribution is -2.00. The molecule has 0 spiro atoms. The normalized spacial score (nSPS) is 11.9. The van der Waals surface area contributed by atoms with E-state index in [1.165, 1.54) is 37.8 Å². The van der Waals surface area contributed by atoms with Gasteiger partial charge in [-0.2, -0.15) is 0 Å². The average Bonchev–Trinajstić information content (AvgIpc) is 3.82. The number of nitrogens with zero attached hydrogens (tertiary/aromatic N) is 4. The van der Waals surface area contributed by atoms with Gasteiger partial charge < -0.3 is 8.98 Å². The summed E-state index contributed by atoms with van der Waals surface area (Å²) in [6.07, 6.45) is 0. The van der Waals surface area contributed by atoms with E-state index in [1.54, 1.807) is 0 Å². The van der Waals surface area contributed by atoms with E-state index in [0.717, 1.165) is 60.6 Å². The van der Waals surface area contributed by atoms with E-state index in [-0.39, 0.29) is 0 Å². The fourth-order valence-electron chi connectivity index (χ4n) is 8.55. The summed E-state index contributed by atoms with van der Waals surface area (Å²) in [6, 6.07) is 64.0. The second-order valence-electron chi connectivity index (χ2n) is 14.4. The lowest BCUT2D eigenvalue weighted by molar-refractivity contribution is 0.669.